The van der Waals surface area contributed by atoms with Crippen LogP contribution in [0.1, 0.15) is 11.1 Å². The predicted molar refractivity (Wildman–Crippen MR) is 99.2 cm³/mol. The fraction of sp³-hybridized carbons (Fsp3) is 0.176. The first-order valence-electron chi connectivity index (χ1n) is 7.35. The average molecular weight is 454 g/mol. The summed E-state index contributed by atoms with van der Waals surface area (Å²) >= 11 is 2.11. The summed E-state index contributed by atoms with van der Waals surface area (Å²) in [6.07, 6.45) is 0.0342. The van der Waals surface area contributed by atoms with Crippen LogP contribution in [-0.2, 0) is 22.4 Å². The minimum Gasteiger partial charge on any atom is -0.480 e. The number of amides is 1. The number of carboxylic acid groups (broad SMARTS) is 1. The number of carbonyl (C=O) groups is 2. The Bertz CT molecular complexity index is 809. The van der Waals surface area contributed by atoms with Gasteiger partial charge in [-0.25, -0.2) is 4.79 Å². The van der Waals surface area contributed by atoms with Crippen molar-refractivity contribution in [2.75, 3.05) is 0 Å². The number of rotatable bonds is 7. The second-order valence-electron chi connectivity index (χ2n) is 5.36. The number of benzene rings is 2. The van der Waals surface area contributed by atoms with Gasteiger partial charge in [0.05, 0.1) is 11.3 Å². The molecule has 25 heavy (non-hydrogen) atoms. The Kier molecular flexibility index (Phi) is 6.45. The summed E-state index contributed by atoms with van der Waals surface area (Å²) in [5.74, 6) is -1.63. The molecule has 0 bridgehead atoms. The third-order valence-corrected chi connectivity index (χ3v) is 4.55. The van der Waals surface area contributed by atoms with E-state index in [9.17, 15) is 24.8 Å². The van der Waals surface area contributed by atoms with E-state index in [0.717, 1.165) is 9.13 Å². The van der Waals surface area contributed by atoms with Crippen molar-refractivity contribution < 1.29 is 19.6 Å². The largest absolute Gasteiger partial charge is 0.480 e. The van der Waals surface area contributed by atoms with Crippen LogP contribution in [0.2, 0.25) is 0 Å². The highest BCUT2D eigenvalue weighted by Gasteiger charge is 2.21. The molecule has 1 atom stereocenters. The Hall–Kier alpha value is -2.49. The smallest absolute Gasteiger partial charge is 0.326 e. The molecule has 1 amide bonds. The standard InChI is InChI=1S/C17H15IN2O5/c18-14-7-2-1-5-12(14)10-15(17(22)23)19-16(21)9-11-4-3-6-13(8-11)20(24)25/h1-8,15H,9-10H2,(H,19,21)(H,22,23)/t15-/m1/s1. The average Bonchev–Trinajstić information content (AvgIpc) is 2.56. The molecule has 0 saturated heterocycles. The fourth-order valence-electron chi connectivity index (χ4n) is 2.29. The van der Waals surface area contributed by atoms with Crippen LogP contribution in [-0.4, -0.2) is 27.9 Å². The SMILES string of the molecule is O=C(Cc1cccc([N+](=O)[O-])c1)N[C@H](Cc1ccccc1I)C(=O)O. The van der Waals surface area contributed by atoms with E-state index in [1.807, 2.05) is 18.2 Å². The van der Waals surface area contributed by atoms with Gasteiger partial charge in [-0.1, -0.05) is 30.3 Å². The number of hydrogen-bond donors (Lipinski definition) is 2. The molecule has 0 unspecified atom stereocenters. The number of nitro benzene ring substituents is 1. The van der Waals surface area contributed by atoms with Gasteiger partial charge < -0.3 is 10.4 Å². The van der Waals surface area contributed by atoms with Gasteiger partial charge >= 0.3 is 5.97 Å². The maximum Gasteiger partial charge on any atom is 0.326 e. The number of halogens is 1. The van der Waals surface area contributed by atoms with Crippen molar-refractivity contribution in [2.24, 2.45) is 0 Å². The lowest BCUT2D eigenvalue weighted by molar-refractivity contribution is -0.384. The molecule has 0 aliphatic carbocycles. The molecule has 0 aliphatic rings. The Labute approximate surface area is 157 Å². The van der Waals surface area contributed by atoms with Gasteiger partial charge in [0, 0.05) is 22.1 Å². The van der Waals surface area contributed by atoms with Crippen LogP contribution in [0.15, 0.2) is 48.5 Å². The first kappa shape index (κ1) is 18.8. The molecule has 8 heteroatoms. The Morgan fingerprint density at radius 1 is 1.20 bits per heavy atom. The molecule has 130 valence electrons. The van der Waals surface area contributed by atoms with Crippen LogP contribution in [0, 0.1) is 13.7 Å². The van der Waals surface area contributed by atoms with E-state index < -0.39 is 22.8 Å². The third kappa shape index (κ3) is 5.52. The van der Waals surface area contributed by atoms with Crippen LogP contribution in [0.5, 0.6) is 0 Å². The van der Waals surface area contributed by atoms with E-state index in [1.165, 1.54) is 18.2 Å². The third-order valence-electron chi connectivity index (χ3n) is 3.50. The van der Waals surface area contributed by atoms with Crippen LogP contribution in [0.25, 0.3) is 0 Å². The van der Waals surface area contributed by atoms with E-state index in [2.05, 4.69) is 27.9 Å². The van der Waals surface area contributed by atoms with Gasteiger partial charge in [0.25, 0.3) is 5.69 Å². The summed E-state index contributed by atoms with van der Waals surface area (Å²) in [6, 6.07) is 12.0. The molecule has 0 spiro atoms. The van der Waals surface area contributed by atoms with Gasteiger partial charge in [-0.05, 0) is 39.8 Å². The highest BCUT2D eigenvalue weighted by molar-refractivity contribution is 14.1. The van der Waals surface area contributed by atoms with Gasteiger partial charge in [0.1, 0.15) is 6.04 Å². The van der Waals surface area contributed by atoms with Crippen molar-refractivity contribution in [3.63, 3.8) is 0 Å². The molecule has 2 aromatic rings. The molecule has 2 rings (SSSR count). The Morgan fingerprint density at radius 2 is 1.92 bits per heavy atom. The number of carbonyl (C=O) groups excluding carboxylic acids is 1. The Morgan fingerprint density at radius 3 is 2.56 bits per heavy atom. The molecular formula is C17H15IN2O5. The molecule has 0 fully saturated rings. The summed E-state index contributed by atoms with van der Waals surface area (Å²) < 4.78 is 0.916. The number of nitro groups is 1. The van der Waals surface area contributed by atoms with E-state index >= 15 is 0 Å². The number of hydrogen-bond acceptors (Lipinski definition) is 4. The molecule has 0 saturated carbocycles. The molecule has 0 aliphatic heterocycles. The summed E-state index contributed by atoms with van der Waals surface area (Å²) in [6.45, 7) is 0. The summed E-state index contributed by atoms with van der Waals surface area (Å²) in [7, 11) is 0. The molecular weight excluding hydrogens is 439 g/mol. The minimum absolute atomic E-state index is 0.112. The minimum atomic E-state index is -1.13. The number of non-ortho nitro benzene ring substituents is 1. The van der Waals surface area contributed by atoms with Gasteiger partial charge in [-0.15, -0.1) is 0 Å². The first-order chi connectivity index (χ1) is 11.9. The summed E-state index contributed by atoms with van der Waals surface area (Å²) in [4.78, 5) is 33.8. The molecule has 0 aromatic heterocycles. The van der Waals surface area contributed by atoms with E-state index in [-0.39, 0.29) is 18.5 Å². The van der Waals surface area contributed by atoms with Crippen molar-refractivity contribution in [1.29, 1.82) is 0 Å². The van der Waals surface area contributed by atoms with Crippen LogP contribution >= 0.6 is 22.6 Å². The number of aliphatic carboxylic acids is 1. The predicted octanol–water partition coefficient (Wildman–Crippen LogP) is 2.55. The van der Waals surface area contributed by atoms with E-state index in [0.29, 0.717) is 5.56 Å². The first-order valence-corrected chi connectivity index (χ1v) is 8.43. The topological polar surface area (TPSA) is 110 Å². The van der Waals surface area contributed by atoms with Crippen molar-refractivity contribution in [3.05, 3.63) is 73.3 Å². The maximum absolute atomic E-state index is 12.1. The number of nitrogens with one attached hydrogen (secondary N) is 1. The van der Waals surface area contributed by atoms with Gasteiger partial charge in [0.15, 0.2) is 0 Å². The monoisotopic (exact) mass is 454 g/mol. The molecule has 7 nitrogen and oxygen atoms in total. The van der Waals surface area contributed by atoms with Crippen molar-refractivity contribution in [2.45, 2.75) is 18.9 Å². The fourth-order valence-corrected chi connectivity index (χ4v) is 2.90. The van der Waals surface area contributed by atoms with Crippen molar-refractivity contribution in [3.8, 4) is 0 Å². The van der Waals surface area contributed by atoms with Crippen LogP contribution in [0.3, 0.4) is 0 Å². The number of nitrogens with zero attached hydrogens (tertiary/aromatic N) is 1. The molecule has 2 N–H and O–H groups in total. The van der Waals surface area contributed by atoms with Crippen LogP contribution < -0.4 is 5.32 Å². The van der Waals surface area contributed by atoms with Gasteiger partial charge in [0.2, 0.25) is 5.91 Å². The van der Waals surface area contributed by atoms with Gasteiger partial charge in [-0.3, -0.25) is 14.9 Å². The second-order valence-corrected chi connectivity index (χ2v) is 6.52. The maximum atomic E-state index is 12.1. The van der Waals surface area contributed by atoms with E-state index in [4.69, 9.17) is 0 Å². The normalized spacial score (nSPS) is 11.6. The zero-order chi connectivity index (χ0) is 18.4. The molecule has 2 aromatic carbocycles. The molecule has 0 radical (unpaired) electrons. The second kappa shape index (κ2) is 8.56. The highest BCUT2D eigenvalue weighted by atomic mass is 127. The quantitative estimate of drug-likeness (QED) is 0.380. The zero-order valence-electron chi connectivity index (χ0n) is 13.0. The number of carboxylic acids is 1. The molecule has 0 heterocycles. The lowest BCUT2D eigenvalue weighted by Crippen LogP contribution is -2.43. The zero-order valence-corrected chi connectivity index (χ0v) is 15.2. The summed E-state index contributed by atoms with van der Waals surface area (Å²) in [5, 5.41) is 22.6. The lowest BCUT2D eigenvalue weighted by Gasteiger charge is -2.15. The van der Waals surface area contributed by atoms with Crippen molar-refractivity contribution >= 4 is 40.2 Å². The summed E-state index contributed by atoms with van der Waals surface area (Å²) in [5.41, 5.74) is 1.16. The van der Waals surface area contributed by atoms with Gasteiger partial charge in [-0.2, -0.15) is 0 Å². The van der Waals surface area contributed by atoms with Crippen LogP contribution in [0.4, 0.5) is 5.69 Å². The van der Waals surface area contributed by atoms with Crippen molar-refractivity contribution in [1.82, 2.24) is 5.32 Å². The lowest BCUT2D eigenvalue weighted by atomic mass is 10.1. The Balaban J connectivity index is 2.05. The highest BCUT2D eigenvalue weighted by Crippen LogP contribution is 2.15. The van der Waals surface area contributed by atoms with E-state index in [1.54, 1.807) is 12.1 Å².